The normalized spacial score (nSPS) is 11.1. The number of hydrogen-bond acceptors (Lipinski definition) is 4. The highest BCUT2D eigenvalue weighted by molar-refractivity contribution is 6.07. The van der Waals surface area contributed by atoms with Gasteiger partial charge in [-0.2, -0.15) is 0 Å². The largest absolute Gasteiger partial charge is 0.399 e. The third kappa shape index (κ3) is 5.05. The molecule has 3 aromatic rings. The van der Waals surface area contributed by atoms with E-state index in [0.29, 0.717) is 22.5 Å². The number of benzene rings is 3. The quantitative estimate of drug-likeness (QED) is 0.377. The molecule has 4 N–H and O–H groups in total. The van der Waals surface area contributed by atoms with Crippen LogP contribution < -0.4 is 11.5 Å². The second-order valence-corrected chi connectivity index (χ2v) is 6.31. The minimum absolute atomic E-state index is 0.0851. The second kappa shape index (κ2) is 8.64. The van der Waals surface area contributed by atoms with E-state index in [9.17, 15) is 9.59 Å². The number of nitrogen functional groups attached to an aromatic ring is 2. The number of anilines is 2. The van der Waals surface area contributed by atoms with Crippen molar-refractivity contribution in [3.05, 3.63) is 107 Å². The van der Waals surface area contributed by atoms with E-state index < -0.39 is 0 Å². The fourth-order valence-corrected chi connectivity index (χ4v) is 2.55. The molecule has 3 rings (SSSR count). The van der Waals surface area contributed by atoms with Gasteiger partial charge < -0.3 is 11.5 Å². The third-order valence-electron chi connectivity index (χ3n) is 4.18. The summed E-state index contributed by atoms with van der Waals surface area (Å²) in [4.78, 5) is 24.3. The molecule has 0 unspecified atom stereocenters. The van der Waals surface area contributed by atoms with Crippen molar-refractivity contribution in [2.24, 2.45) is 0 Å². The first kappa shape index (κ1) is 18.9. The molecule has 3 aromatic carbocycles. The molecule has 0 heterocycles. The summed E-state index contributed by atoms with van der Waals surface area (Å²) < 4.78 is 0. The van der Waals surface area contributed by atoms with Crippen LogP contribution >= 0.6 is 0 Å². The SMILES string of the molecule is Nc1ccc(C(=O)/C=C/c2ccc(/C=C/C(=O)c3ccc(N)cc3)cc2)cc1. The van der Waals surface area contributed by atoms with Gasteiger partial charge in [-0.3, -0.25) is 9.59 Å². The topological polar surface area (TPSA) is 86.2 Å². The van der Waals surface area contributed by atoms with Crippen LogP contribution in [0.3, 0.4) is 0 Å². The van der Waals surface area contributed by atoms with Crippen LogP contribution in [0.1, 0.15) is 31.8 Å². The van der Waals surface area contributed by atoms with Gasteiger partial charge in [0.1, 0.15) is 0 Å². The number of nitrogens with two attached hydrogens (primary N) is 2. The van der Waals surface area contributed by atoms with Crippen molar-refractivity contribution in [1.82, 2.24) is 0 Å². The van der Waals surface area contributed by atoms with Crippen LogP contribution in [-0.4, -0.2) is 11.6 Å². The third-order valence-corrected chi connectivity index (χ3v) is 4.18. The molecule has 0 aromatic heterocycles. The van der Waals surface area contributed by atoms with Gasteiger partial charge in [-0.05, 0) is 71.8 Å². The number of carbonyl (C=O) groups excluding carboxylic acids is 2. The molecule has 0 saturated heterocycles. The van der Waals surface area contributed by atoms with Crippen LogP contribution in [0.4, 0.5) is 11.4 Å². The van der Waals surface area contributed by atoms with Gasteiger partial charge in [0.15, 0.2) is 11.6 Å². The Morgan fingerprint density at radius 3 is 1.18 bits per heavy atom. The van der Waals surface area contributed by atoms with E-state index in [-0.39, 0.29) is 11.6 Å². The van der Waals surface area contributed by atoms with E-state index in [1.165, 1.54) is 12.2 Å². The number of rotatable bonds is 6. The lowest BCUT2D eigenvalue weighted by molar-refractivity contribution is 0.103. The summed E-state index contributed by atoms with van der Waals surface area (Å²) >= 11 is 0. The van der Waals surface area contributed by atoms with E-state index in [1.807, 2.05) is 24.3 Å². The van der Waals surface area contributed by atoms with Gasteiger partial charge in [0, 0.05) is 22.5 Å². The summed E-state index contributed by atoms with van der Waals surface area (Å²) in [6.07, 6.45) is 6.57. The van der Waals surface area contributed by atoms with Crippen LogP contribution in [0.15, 0.2) is 84.9 Å². The maximum absolute atomic E-state index is 12.1. The fraction of sp³-hybridized carbons (Fsp3) is 0. The van der Waals surface area contributed by atoms with Gasteiger partial charge in [-0.1, -0.05) is 36.4 Å². The molecule has 0 aliphatic carbocycles. The first-order chi connectivity index (χ1) is 13.5. The molecule has 28 heavy (non-hydrogen) atoms. The highest BCUT2D eigenvalue weighted by Crippen LogP contribution is 2.12. The van der Waals surface area contributed by atoms with Gasteiger partial charge in [-0.15, -0.1) is 0 Å². The number of ketones is 2. The molecular weight excluding hydrogens is 348 g/mol. The summed E-state index contributed by atoms with van der Waals surface area (Å²) in [7, 11) is 0. The van der Waals surface area contributed by atoms with Crippen molar-refractivity contribution < 1.29 is 9.59 Å². The summed E-state index contributed by atoms with van der Waals surface area (Å²) in [6.45, 7) is 0. The van der Waals surface area contributed by atoms with Crippen molar-refractivity contribution >= 4 is 35.1 Å². The predicted molar refractivity (Wildman–Crippen MR) is 115 cm³/mol. The summed E-state index contributed by atoms with van der Waals surface area (Å²) in [5, 5.41) is 0. The van der Waals surface area contributed by atoms with Crippen LogP contribution in [0, 0.1) is 0 Å². The molecule has 0 aliphatic heterocycles. The highest BCUT2D eigenvalue weighted by Gasteiger charge is 2.02. The lowest BCUT2D eigenvalue weighted by atomic mass is 10.1. The molecule has 0 atom stereocenters. The fourth-order valence-electron chi connectivity index (χ4n) is 2.55. The number of hydrogen-bond donors (Lipinski definition) is 2. The molecule has 0 bridgehead atoms. The second-order valence-electron chi connectivity index (χ2n) is 6.31. The summed E-state index contributed by atoms with van der Waals surface area (Å²) in [6, 6.07) is 21.2. The molecule has 0 radical (unpaired) electrons. The van der Waals surface area contributed by atoms with Crippen LogP contribution in [0.25, 0.3) is 12.2 Å². The average molecular weight is 368 g/mol. The molecule has 138 valence electrons. The lowest BCUT2D eigenvalue weighted by Gasteiger charge is -1.99. The van der Waals surface area contributed by atoms with Gasteiger partial charge in [0.05, 0.1) is 0 Å². The van der Waals surface area contributed by atoms with Crippen molar-refractivity contribution in [2.45, 2.75) is 0 Å². The highest BCUT2D eigenvalue weighted by atomic mass is 16.1. The van der Waals surface area contributed by atoms with Gasteiger partial charge >= 0.3 is 0 Å². The van der Waals surface area contributed by atoms with E-state index in [1.54, 1.807) is 60.7 Å². The van der Waals surface area contributed by atoms with Crippen LogP contribution in [0.2, 0.25) is 0 Å². The van der Waals surface area contributed by atoms with Gasteiger partial charge in [0.25, 0.3) is 0 Å². The Morgan fingerprint density at radius 1 is 0.536 bits per heavy atom. The van der Waals surface area contributed by atoms with E-state index >= 15 is 0 Å². The van der Waals surface area contributed by atoms with Crippen molar-refractivity contribution in [2.75, 3.05) is 11.5 Å². The summed E-state index contributed by atoms with van der Waals surface area (Å²) in [5.41, 5.74) is 15.5. The first-order valence-corrected chi connectivity index (χ1v) is 8.77. The molecular formula is C24H20N2O2. The van der Waals surface area contributed by atoms with E-state index in [0.717, 1.165) is 11.1 Å². The molecule has 4 nitrogen and oxygen atoms in total. The van der Waals surface area contributed by atoms with Crippen LogP contribution in [0.5, 0.6) is 0 Å². The van der Waals surface area contributed by atoms with Crippen molar-refractivity contribution in [1.29, 1.82) is 0 Å². The van der Waals surface area contributed by atoms with Gasteiger partial charge in [-0.25, -0.2) is 0 Å². The minimum Gasteiger partial charge on any atom is -0.399 e. The Kier molecular flexibility index (Phi) is 5.82. The molecule has 4 heteroatoms. The maximum atomic E-state index is 12.1. The molecule has 0 fully saturated rings. The van der Waals surface area contributed by atoms with E-state index in [2.05, 4.69) is 0 Å². The molecule has 0 aliphatic rings. The van der Waals surface area contributed by atoms with E-state index in [4.69, 9.17) is 11.5 Å². The maximum Gasteiger partial charge on any atom is 0.185 e. The number of carbonyl (C=O) groups is 2. The molecule has 0 spiro atoms. The Labute approximate surface area is 163 Å². The Balaban J connectivity index is 1.62. The Hall–Kier alpha value is -3.92. The van der Waals surface area contributed by atoms with Crippen molar-refractivity contribution in [3.63, 3.8) is 0 Å². The summed E-state index contributed by atoms with van der Waals surface area (Å²) in [5.74, 6) is -0.170. The molecule has 0 amide bonds. The average Bonchev–Trinajstić information content (AvgIpc) is 2.72. The Bertz CT molecular complexity index is 943. The molecule has 0 saturated carbocycles. The predicted octanol–water partition coefficient (Wildman–Crippen LogP) is 4.64. The van der Waals surface area contributed by atoms with Gasteiger partial charge in [0.2, 0.25) is 0 Å². The minimum atomic E-state index is -0.0851. The number of allylic oxidation sites excluding steroid dienone is 2. The first-order valence-electron chi connectivity index (χ1n) is 8.77. The monoisotopic (exact) mass is 368 g/mol. The smallest absolute Gasteiger partial charge is 0.185 e. The lowest BCUT2D eigenvalue weighted by Crippen LogP contribution is -1.95. The Morgan fingerprint density at radius 2 is 0.857 bits per heavy atom. The zero-order chi connectivity index (χ0) is 19.9. The standard InChI is InChI=1S/C24H20N2O2/c25-21-11-7-19(8-12-21)23(27)15-5-17-1-2-18(4-3-17)6-16-24(28)20-9-13-22(26)14-10-20/h1-16H,25-26H2/b15-5+,16-6+. The zero-order valence-corrected chi connectivity index (χ0v) is 15.2. The zero-order valence-electron chi connectivity index (χ0n) is 15.2. The van der Waals surface area contributed by atoms with Crippen LogP contribution in [-0.2, 0) is 0 Å². The van der Waals surface area contributed by atoms with Crippen molar-refractivity contribution in [3.8, 4) is 0 Å².